The van der Waals surface area contributed by atoms with Crippen LogP contribution in [-0.4, -0.2) is 43.6 Å². The minimum atomic E-state index is -0.482. The molecule has 0 amide bonds. The smallest absolute Gasteiger partial charge is 0.119 e. The quantitative estimate of drug-likeness (QED) is 0.818. The van der Waals surface area contributed by atoms with Gasteiger partial charge >= 0.3 is 0 Å². The summed E-state index contributed by atoms with van der Waals surface area (Å²) in [5.74, 6) is 0.802. The molecule has 1 unspecified atom stereocenters. The first-order valence-electron chi connectivity index (χ1n) is 6.92. The van der Waals surface area contributed by atoms with E-state index < -0.39 is 6.10 Å². The maximum Gasteiger partial charge on any atom is 0.119 e. The molecule has 0 bridgehead atoms. The molecule has 2 N–H and O–H groups in total. The molecule has 0 radical (unpaired) electrons. The number of benzene rings is 1. The van der Waals surface area contributed by atoms with Crippen LogP contribution in [-0.2, 0) is 4.74 Å². The molecule has 106 valence electrons. The Labute approximate surface area is 114 Å². The molecule has 19 heavy (non-hydrogen) atoms. The standard InChI is InChI=1S/C15H23NO3/c1-12-2-4-15(5-3-12)19-11-14(17)10-16-13-6-8-18-9-7-13/h2-5,13-14,16-17H,6-11H2,1H3. The number of rotatable bonds is 6. The Morgan fingerprint density at radius 2 is 2.00 bits per heavy atom. The maximum absolute atomic E-state index is 9.88. The van der Waals surface area contributed by atoms with Gasteiger partial charge in [0.15, 0.2) is 0 Å². The highest BCUT2D eigenvalue weighted by molar-refractivity contribution is 5.26. The summed E-state index contributed by atoms with van der Waals surface area (Å²) in [4.78, 5) is 0. The van der Waals surface area contributed by atoms with Gasteiger partial charge in [-0.2, -0.15) is 0 Å². The average molecular weight is 265 g/mol. The number of hydrogen-bond donors (Lipinski definition) is 2. The van der Waals surface area contributed by atoms with Crippen LogP contribution >= 0.6 is 0 Å². The maximum atomic E-state index is 9.88. The van der Waals surface area contributed by atoms with Crippen LogP contribution in [0.4, 0.5) is 0 Å². The van der Waals surface area contributed by atoms with E-state index in [0.29, 0.717) is 19.2 Å². The zero-order valence-electron chi connectivity index (χ0n) is 11.5. The minimum Gasteiger partial charge on any atom is -0.491 e. The summed E-state index contributed by atoms with van der Waals surface area (Å²) in [6.45, 7) is 4.55. The lowest BCUT2D eigenvalue weighted by Gasteiger charge is -2.24. The highest BCUT2D eigenvalue weighted by Gasteiger charge is 2.14. The third-order valence-electron chi connectivity index (χ3n) is 3.33. The van der Waals surface area contributed by atoms with Crippen molar-refractivity contribution in [2.45, 2.75) is 31.9 Å². The van der Waals surface area contributed by atoms with Gasteiger partial charge in [0.2, 0.25) is 0 Å². The fourth-order valence-electron chi connectivity index (χ4n) is 2.09. The molecule has 0 saturated carbocycles. The normalized spacial score (nSPS) is 18.2. The van der Waals surface area contributed by atoms with Crippen LogP contribution in [0.3, 0.4) is 0 Å². The van der Waals surface area contributed by atoms with Crippen LogP contribution in [0, 0.1) is 6.92 Å². The molecule has 1 aromatic rings. The number of hydrogen-bond acceptors (Lipinski definition) is 4. The second kappa shape index (κ2) is 7.48. The zero-order valence-corrected chi connectivity index (χ0v) is 11.5. The van der Waals surface area contributed by atoms with Gasteiger partial charge in [0.05, 0.1) is 0 Å². The first kappa shape index (κ1) is 14.3. The van der Waals surface area contributed by atoms with Crippen molar-refractivity contribution in [1.29, 1.82) is 0 Å². The van der Waals surface area contributed by atoms with E-state index in [-0.39, 0.29) is 0 Å². The fraction of sp³-hybridized carbons (Fsp3) is 0.600. The molecule has 1 aliphatic rings. The van der Waals surface area contributed by atoms with Crippen LogP contribution in [0.1, 0.15) is 18.4 Å². The van der Waals surface area contributed by atoms with Gasteiger partial charge in [0.1, 0.15) is 18.5 Å². The zero-order chi connectivity index (χ0) is 13.5. The Bertz CT molecular complexity index is 360. The summed E-state index contributed by atoms with van der Waals surface area (Å²) in [7, 11) is 0. The summed E-state index contributed by atoms with van der Waals surface area (Å²) in [5.41, 5.74) is 1.20. The summed E-state index contributed by atoms with van der Waals surface area (Å²) in [6, 6.07) is 8.31. The molecule has 1 fully saturated rings. The molecule has 1 atom stereocenters. The molecular formula is C15H23NO3. The average Bonchev–Trinajstić information content (AvgIpc) is 2.45. The molecule has 1 aliphatic heterocycles. The molecule has 4 nitrogen and oxygen atoms in total. The predicted octanol–water partition coefficient (Wildman–Crippen LogP) is 1.50. The van der Waals surface area contributed by atoms with E-state index in [2.05, 4.69) is 5.32 Å². The van der Waals surface area contributed by atoms with Gasteiger partial charge in [0, 0.05) is 25.8 Å². The Balaban J connectivity index is 1.63. The number of aryl methyl sites for hydroxylation is 1. The van der Waals surface area contributed by atoms with E-state index in [1.54, 1.807) is 0 Å². The van der Waals surface area contributed by atoms with Gasteiger partial charge in [-0.3, -0.25) is 0 Å². The lowest BCUT2D eigenvalue weighted by molar-refractivity contribution is 0.0655. The second-order valence-electron chi connectivity index (χ2n) is 5.07. The van der Waals surface area contributed by atoms with Gasteiger partial charge in [-0.25, -0.2) is 0 Å². The van der Waals surface area contributed by atoms with Crippen LogP contribution in [0.15, 0.2) is 24.3 Å². The minimum absolute atomic E-state index is 0.319. The van der Waals surface area contributed by atoms with Crippen molar-refractivity contribution < 1.29 is 14.6 Å². The lowest BCUT2D eigenvalue weighted by atomic mass is 10.1. The van der Waals surface area contributed by atoms with Gasteiger partial charge in [0.25, 0.3) is 0 Å². The Hall–Kier alpha value is -1.10. The first-order chi connectivity index (χ1) is 9.24. The van der Waals surface area contributed by atoms with Gasteiger partial charge < -0.3 is 19.9 Å². The highest BCUT2D eigenvalue weighted by atomic mass is 16.5. The Morgan fingerprint density at radius 3 is 2.68 bits per heavy atom. The van der Waals surface area contributed by atoms with Crippen molar-refractivity contribution in [2.24, 2.45) is 0 Å². The Kier molecular flexibility index (Phi) is 5.63. The second-order valence-corrected chi connectivity index (χ2v) is 5.07. The van der Waals surface area contributed by atoms with E-state index in [9.17, 15) is 5.11 Å². The number of aliphatic hydroxyl groups excluding tert-OH is 1. The number of aliphatic hydroxyl groups is 1. The van der Waals surface area contributed by atoms with E-state index in [1.807, 2.05) is 31.2 Å². The summed E-state index contributed by atoms with van der Waals surface area (Å²) in [6.07, 6.45) is 1.56. The van der Waals surface area contributed by atoms with Crippen molar-refractivity contribution in [3.05, 3.63) is 29.8 Å². The van der Waals surface area contributed by atoms with Crippen molar-refractivity contribution in [3.63, 3.8) is 0 Å². The number of ether oxygens (including phenoxy) is 2. The van der Waals surface area contributed by atoms with Gasteiger partial charge in [-0.1, -0.05) is 17.7 Å². The van der Waals surface area contributed by atoms with E-state index >= 15 is 0 Å². The van der Waals surface area contributed by atoms with E-state index in [0.717, 1.165) is 31.8 Å². The van der Waals surface area contributed by atoms with Crippen molar-refractivity contribution in [3.8, 4) is 5.75 Å². The SMILES string of the molecule is Cc1ccc(OCC(O)CNC2CCOCC2)cc1. The van der Waals surface area contributed by atoms with Crippen molar-refractivity contribution in [2.75, 3.05) is 26.4 Å². The van der Waals surface area contributed by atoms with E-state index in [1.165, 1.54) is 5.56 Å². The summed E-state index contributed by atoms with van der Waals surface area (Å²) >= 11 is 0. The van der Waals surface area contributed by atoms with Crippen LogP contribution in [0.5, 0.6) is 5.75 Å². The Morgan fingerprint density at radius 1 is 1.32 bits per heavy atom. The summed E-state index contributed by atoms with van der Waals surface area (Å²) < 4.78 is 10.8. The molecule has 1 aromatic carbocycles. The van der Waals surface area contributed by atoms with E-state index in [4.69, 9.17) is 9.47 Å². The third-order valence-corrected chi connectivity index (χ3v) is 3.33. The van der Waals surface area contributed by atoms with Gasteiger partial charge in [-0.15, -0.1) is 0 Å². The molecule has 1 saturated heterocycles. The molecule has 0 spiro atoms. The van der Waals surface area contributed by atoms with Crippen LogP contribution in [0.25, 0.3) is 0 Å². The van der Waals surface area contributed by atoms with Crippen LogP contribution < -0.4 is 10.1 Å². The molecule has 0 aromatic heterocycles. The van der Waals surface area contributed by atoms with Crippen molar-refractivity contribution in [1.82, 2.24) is 5.32 Å². The molecule has 2 rings (SSSR count). The van der Waals surface area contributed by atoms with Crippen LogP contribution in [0.2, 0.25) is 0 Å². The fourth-order valence-corrected chi connectivity index (χ4v) is 2.09. The van der Waals surface area contributed by atoms with Crippen molar-refractivity contribution >= 4 is 0 Å². The lowest BCUT2D eigenvalue weighted by Crippen LogP contribution is -2.40. The monoisotopic (exact) mass is 265 g/mol. The molecule has 1 heterocycles. The third kappa shape index (κ3) is 5.19. The summed E-state index contributed by atoms with van der Waals surface area (Å²) in [5, 5.41) is 13.2. The molecule has 4 heteroatoms. The van der Waals surface area contributed by atoms with Gasteiger partial charge in [-0.05, 0) is 31.9 Å². The predicted molar refractivity (Wildman–Crippen MR) is 74.5 cm³/mol. The topological polar surface area (TPSA) is 50.7 Å². The largest absolute Gasteiger partial charge is 0.491 e. The highest BCUT2D eigenvalue weighted by Crippen LogP contribution is 2.11. The number of nitrogens with one attached hydrogen (secondary N) is 1. The molecule has 0 aliphatic carbocycles. The molecular weight excluding hydrogens is 242 g/mol. The first-order valence-corrected chi connectivity index (χ1v) is 6.92.